The van der Waals surface area contributed by atoms with E-state index in [4.69, 9.17) is 5.26 Å². The predicted molar refractivity (Wildman–Crippen MR) is 75.8 cm³/mol. The topological polar surface area (TPSA) is 47.3 Å². The summed E-state index contributed by atoms with van der Waals surface area (Å²) in [6.07, 6.45) is 2.05. The number of amides is 1. The lowest BCUT2D eigenvalue weighted by Crippen LogP contribution is -2.35. The molecule has 0 bridgehead atoms. The Bertz CT molecular complexity index is 477. The number of nitriles is 1. The molecular formula is C14H19N3OS. The second-order valence-corrected chi connectivity index (χ2v) is 5.87. The van der Waals surface area contributed by atoms with Crippen molar-refractivity contribution in [1.29, 1.82) is 5.26 Å². The molecular weight excluding hydrogens is 258 g/mol. The van der Waals surface area contributed by atoms with Crippen molar-refractivity contribution >= 4 is 17.2 Å². The molecule has 4 nitrogen and oxygen atoms in total. The summed E-state index contributed by atoms with van der Waals surface area (Å²) < 4.78 is 0. The average molecular weight is 277 g/mol. The molecule has 0 spiro atoms. The molecule has 1 aromatic heterocycles. The highest BCUT2D eigenvalue weighted by Gasteiger charge is 2.18. The predicted octanol–water partition coefficient (Wildman–Crippen LogP) is 1.87. The van der Waals surface area contributed by atoms with Crippen LogP contribution in [0.1, 0.15) is 23.3 Å². The summed E-state index contributed by atoms with van der Waals surface area (Å²) >= 11 is 1.83. The monoisotopic (exact) mass is 277 g/mol. The first-order chi connectivity index (χ1) is 9.20. The van der Waals surface area contributed by atoms with E-state index in [0.29, 0.717) is 19.4 Å². The maximum atomic E-state index is 11.9. The second-order valence-electron chi connectivity index (χ2n) is 4.87. The van der Waals surface area contributed by atoms with Crippen LogP contribution >= 0.6 is 11.3 Å². The number of fused-ring (bicyclic) bond motifs is 1. The minimum Gasteiger partial charge on any atom is -0.345 e. The molecule has 0 saturated heterocycles. The molecule has 0 atom stereocenters. The molecule has 2 heterocycles. The zero-order valence-electron chi connectivity index (χ0n) is 11.3. The van der Waals surface area contributed by atoms with Crippen LogP contribution in [0.4, 0.5) is 0 Å². The smallest absolute Gasteiger partial charge is 0.223 e. The van der Waals surface area contributed by atoms with E-state index in [1.54, 1.807) is 11.9 Å². The van der Waals surface area contributed by atoms with E-state index in [0.717, 1.165) is 26.1 Å². The van der Waals surface area contributed by atoms with E-state index in [-0.39, 0.29) is 5.91 Å². The first-order valence-corrected chi connectivity index (χ1v) is 7.47. The zero-order chi connectivity index (χ0) is 13.7. The van der Waals surface area contributed by atoms with Crippen molar-refractivity contribution in [3.63, 3.8) is 0 Å². The quantitative estimate of drug-likeness (QED) is 0.825. The van der Waals surface area contributed by atoms with Crippen molar-refractivity contribution in [2.75, 3.05) is 26.7 Å². The van der Waals surface area contributed by atoms with Crippen LogP contribution in [0.3, 0.4) is 0 Å². The fourth-order valence-electron chi connectivity index (χ4n) is 2.28. The Balaban J connectivity index is 1.75. The first-order valence-electron chi connectivity index (χ1n) is 6.59. The van der Waals surface area contributed by atoms with Gasteiger partial charge in [-0.2, -0.15) is 5.26 Å². The highest BCUT2D eigenvalue weighted by Crippen LogP contribution is 2.23. The normalized spacial score (nSPS) is 14.7. The molecule has 0 unspecified atom stereocenters. The second kappa shape index (κ2) is 6.69. The van der Waals surface area contributed by atoms with E-state index in [9.17, 15) is 4.79 Å². The largest absolute Gasteiger partial charge is 0.345 e. The van der Waals surface area contributed by atoms with Crippen molar-refractivity contribution in [1.82, 2.24) is 9.80 Å². The van der Waals surface area contributed by atoms with Crippen LogP contribution in [-0.2, 0) is 17.8 Å². The highest BCUT2D eigenvalue weighted by molar-refractivity contribution is 7.10. The SMILES string of the molecule is CN(CCC#N)C(=O)CCN1CCc2sccc2C1. The van der Waals surface area contributed by atoms with Crippen molar-refractivity contribution in [3.05, 3.63) is 21.9 Å². The van der Waals surface area contributed by atoms with Gasteiger partial charge in [0, 0.05) is 44.5 Å². The minimum atomic E-state index is 0.131. The molecule has 5 heteroatoms. The summed E-state index contributed by atoms with van der Waals surface area (Å²) in [5, 5.41) is 10.7. The Morgan fingerprint density at radius 3 is 3.26 bits per heavy atom. The van der Waals surface area contributed by atoms with E-state index in [2.05, 4.69) is 22.4 Å². The van der Waals surface area contributed by atoms with Crippen LogP contribution in [0.2, 0.25) is 0 Å². The van der Waals surface area contributed by atoms with Gasteiger partial charge in [-0.3, -0.25) is 9.69 Å². The van der Waals surface area contributed by atoms with Crippen LogP contribution in [0.5, 0.6) is 0 Å². The molecule has 19 heavy (non-hydrogen) atoms. The molecule has 0 radical (unpaired) electrons. The van der Waals surface area contributed by atoms with Gasteiger partial charge >= 0.3 is 0 Å². The third-order valence-electron chi connectivity index (χ3n) is 3.51. The summed E-state index contributed by atoms with van der Waals surface area (Å²) in [7, 11) is 1.77. The van der Waals surface area contributed by atoms with Gasteiger partial charge in [-0.1, -0.05) is 0 Å². The summed E-state index contributed by atoms with van der Waals surface area (Å²) in [6.45, 7) is 3.35. The van der Waals surface area contributed by atoms with Crippen molar-refractivity contribution < 1.29 is 4.79 Å². The highest BCUT2D eigenvalue weighted by atomic mass is 32.1. The molecule has 2 rings (SSSR count). The Hall–Kier alpha value is -1.38. The molecule has 0 N–H and O–H groups in total. The lowest BCUT2D eigenvalue weighted by atomic mass is 10.1. The maximum Gasteiger partial charge on any atom is 0.223 e. The van der Waals surface area contributed by atoms with Gasteiger partial charge in [0.05, 0.1) is 12.5 Å². The summed E-state index contributed by atoms with van der Waals surface area (Å²) in [4.78, 5) is 17.4. The number of nitrogens with zero attached hydrogens (tertiary/aromatic N) is 3. The first kappa shape index (κ1) is 14.0. The van der Waals surface area contributed by atoms with E-state index in [1.165, 1.54) is 10.4 Å². The Morgan fingerprint density at radius 2 is 2.47 bits per heavy atom. The van der Waals surface area contributed by atoms with Gasteiger partial charge in [-0.15, -0.1) is 11.3 Å². The van der Waals surface area contributed by atoms with Crippen molar-refractivity contribution in [2.24, 2.45) is 0 Å². The standard InChI is InChI=1S/C14H19N3OS/c1-16(7-2-6-15)14(18)4-9-17-8-3-13-12(11-17)5-10-19-13/h5,10H,2-4,7-9,11H2,1H3. The van der Waals surface area contributed by atoms with Crippen molar-refractivity contribution in [2.45, 2.75) is 25.8 Å². The van der Waals surface area contributed by atoms with Crippen LogP contribution in [0.15, 0.2) is 11.4 Å². The molecule has 0 aromatic carbocycles. The molecule has 0 aliphatic carbocycles. The fraction of sp³-hybridized carbons (Fsp3) is 0.571. The van der Waals surface area contributed by atoms with Crippen LogP contribution < -0.4 is 0 Å². The molecule has 1 aromatic rings. The van der Waals surface area contributed by atoms with E-state index < -0.39 is 0 Å². The van der Waals surface area contributed by atoms with Crippen LogP contribution in [0.25, 0.3) is 0 Å². The fourth-order valence-corrected chi connectivity index (χ4v) is 3.17. The number of thiophene rings is 1. The van der Waals surface area contributed by atoms with Gasteiger partial charge in [-0.25, -0.2) is 0 Å². The summed E-state index contributed by atoms with van der Waals surface area (Å²) in [6, 6.07) is 4.25. The number of rotatable bonds is 5. The molecule has 1 aliphatic heterocycles. The number of hydrogen-bond donors (Lipinski definition) is 0. The molecule has 0 saturated carbocycles. The maximum absolute atomic E-state index is 11.9. The van der Waals surface area contributed by atoms with Gasteiger partial charge in [0.1, 0.15) is 0 Å². The Kier molecular flexibility index (Phi) is 4.94. The summed E-state index contributed by atoms with van der Waals surface area (Å²) in [5.41, 5.74) is 1.42. The zero-order valence-corrected chi connectivity index (χ0v) is 12.1. The number of carbonyl (C=O) groups excluding carboxylic acids is 1. The van der Waals surface area contributed by atoms with Gasteiger partial charge in [0.2, 0.25) is 5.91 Å². The molecule has 102 valence electrons. The molecule has 1 amide bonds. The molecule has 0 fully saturated rings. The lowest BCUT2D eigenvalue weighted by Gasteiger charge is -2.27. The van der Waals surface area contributed by atoms with Gasteiger partial charge in [-0.05, 0) is 23.4 Å². The Morgan fingerprint density at radius 1 is 1.63 bits per heavy atom. The Labute approximate surface area is 118 Å². The van der Waals surface area contributed by atoms with Gasteiger partial charge in [0.15, 0.2) is 0 Å². The van der Waals surface area contributed by atoms with E-state index >= 15 is 0 Å². The third-order valence-corrected chi connectivity index (χ3v) is 4.54. The third kappa shape index (κ3) is 3.79. The van der Waals surface area contributed by atoms with Crippen LogP contribution in [-0.4, -0.2) is 42.4 Å². The average Bonchev–Trinajstić information content (AvgIpc) is 2.89. The lowest BCUT2D eigenvalue weighted by molar-refractivity contribution is -0.130. The number of hydrogen-bond acceptors (Lipinski definition) is 4. The molecule has 1 aliphatic rings. The summed E-state index contributed by atoms with van der Waals surface area (Å²) in [5.74, 6) is 0.131. The van der Waals surface area contributed by atoms with Crippen LogP contribution in [0, 0.1) is 11.3 Å². The van der Waals surface area contributed by atoms with E-state index in [1.807, 2.05) is 11.3 Å². The van der Waals surface area contributed by atoms with Crippen molar-refractivity contribution in [3.8, 4) is 6.07 Å². The minimum absolute atomic E-state index is 0.131. The van der Waals surface area contributed by atoms with Gasteiger partial charge < -0.3 is 4.90 Å². The van der Waals surface area contributed by atoms with Gasteiger partial charge in [0.25, 0.3) is 0 Å². The number of carbonyl (C=O) groups is 1.